The van der Waals surface area contributed by atoms with E-state index < -0.39 is 23.2 Å². The molecule has 2 aromatic heterocycles. The third kappa shape index (κ3) is 4.89. The molecule has 2 atom stereocenters. The molecule has 9 heteroatoms. The van der Waals surface area contributed by atoms with Crippen LogP contribution in [0.5, 0.6) is 0 Å². The zero-order valence-corrected chi connectivity index (χ0v) is 17.2. The Morgan fingerprint density at radius 1 is 1.33 bits per heavy atom. The largest absolute Gasteiger partial charge is 0.418 e. The molecule has 2 aromatic rings. The molecule has 0 aromatic carbocycles. The number of rotatable bonds is 5. The quantitative estimate of drug-likeness (QED) is 0.694. The van der Waals surface area contributed by atoms with Crippen LogP contribution in [0.15, 0.2) is 30.5 Å². The van der Waals surface area contributed by atoms with Crippen LogP contribution in [-0.4, -0.2) is 40.9 Å². The van der Waals surface area contributed by atoms with Gasteiger partial charge >= 0.3 is 6.18 Å². The Hall–Kier alpha value is -2.68. The van der Waals surface area contributed by atoms with Crippen molar-refractivity contribution in [1.29, 1.82) is 0 Å². The first-order chi connectivity index (χ1) is 14.1. The van der Waals surface area contributed by atoms with E-state index in [0.29, 0.717) is 24.8 Å². The molecule has 1 saturated heterocycles. The molecule has 6 nitrogen and oxygen atoms in total. The Morgan fingerprint density at radius 2 is 2.07 bits per heavy atom. The van der Waals surface area contributed by atoms with Crippen LogP contribution < -0.4 is 16.0 Å². The number of nitrogens with one attached hydrogen (secondary N) is 1. The number of hydrogen-bond acceptors (Lipinski definition) is 6. The van der Waals surface area contributed by atoms with Crippen molar-refractivity contribution >= 4 is 17.4 Å². The molecule has 0 spiro atoms. The molecule has 0 bridgehead atoms. The van der Waals surface area contributed by atoms with Crippen LogP contribution in [0.4, 0.5) is 24.8 Å². The number of hydrogen-bond donors (Lipinski definition) is 2. The average Bonchev–Trinajstić information content (AvgIpc) is 2.65. The maximum atomic E-state index is 13.6. The van der Waals surface area contributed by atoms with E-state index in [2.05, 4.69) is 29.1 Å². The lowest BCUT2D eigenvalue weighted by Gasteiger charge is -2.39. The lowest BCUT2D eigenvalue weighted by molar-refractivity contribution is -0.138. The smallest absolute Gasteiger partial charge is 0.383 e. The molecule has 0 saturated carbocycles. The number of carbonyl (C=O) groups excluding carboxylic acids is 1. The minimum atomic E-state index is -4.72. The van der Waals surface area contributed by atoms with Crippen molar-refractivity contribution in [2.75, 3.05) is 23.7 Å². The van der Waals surface area contributed by atoms with Crippen LogP contribution >= 0.6 is 0 Å². The number of carbonyl (C=O) groups is 1. The van der Waals surface area contributed by atoms with E-state index in [1.807, 2.05) is 11.8 Å². The Kier molecular flexibility index (Phi) is 6.30. The van der Waals surface area contributed by atoms with Gasteiger partial charge in [0.15, 0.2) is 0 Å². The number of alkyl halides is 3. The van der Waals surface area contributed by atoms with Gasteiger partial charge in [0.05, 0.1) is 11.1 Å². The van der Waals surface area contributed by atoms with Crippen LogP contribution in [0, 0.1) is 5.92 Å². The number of piperazine rings is 1. The lowest BCUT2D eigenvalue weighted by Crippen LogP contribution is -2.56. The fourth-order valence-corrected chi connectivity index (χ4v) is 3.84. The highest BCUT2D eigenvalue weighted by molar-refractivity contribution is 6.11. The summed E-state index contributed by atoms with van der Waals surface area (Å²) in [5, 5.41) is 3.51. The molecule has 168 valence electrons. The lowest BCUT2D eigenvalue weighted by atomic mass is 9.99. The fraction of sp³-hybridized carbons (Fsp3) is 0.476. The highest BCUT2D eigenvalue weighted by atomic mass is 19.4. The van der Waals surface area contributed by atoms with Gasteiger partial charge in [-0.3, -0.25) is 4.79 Å². The van der Waals surface area contributed by atoms with Crippen molar-refractivity contribution in [3.05, 3.63) is 47.3 Å². The molecule has 0 amide bonds. The topological polar surface area (TPSA) is 84.1 Å². The number of aromatic nitrogens is 2. The van der Waals surface area contributed by atoms with Crippen molar-refractivity contribution in [3.8, 4) is 0 Å². The molecule has 1 aliphatic rings. The number of halogens is 3. The van der Waals surface area contributed by atoms with Crippen LogP contribution in [0.25, 0.3) is 0 Å². The van der Waals surface area contributed by atoms with Gasteiger partial charge in [0.1, 0.15) is 17.3 Å². The summed E-state index contributed by atoms with van der Waals surface area (Å²) in [5.41, 5.74) is 3.88. The molecule has 0 unspecified atom stereocenters. The summed E-state index contributed by atoms with van der Waals surface area (Å²) < 4.78 is 40.8. The molecule has 3 heterocycles. The van der Waals surface area contributed by atoms with E-state index in [1.165, 1.54) is 24.4 Å². The van der Waals surface area contributed by atoms with Crippen molar-refractivity contribution in [2.45, 2.75) is 45.5 Å². The van der Waals surface area contributed by atoms with Crippen LogP contribution in [0.2, 0.25) is 0 Å². The average molecular weight is 428 g/mol. The Balaban J connectivity index is 0.00000341. The third-order valence-electron chi connectivity index (χ3n) is 5.02. The first-order valence-electron chi connectivity index (χ1n) is 9.90. The molecule has 1 fully saturated rings. The van der Waals surface area contributed by atoms with Crippen molar-refractivity contribution in [1.82, 2.24) is 15.3 Å². The van der Waals surface area contributed by atoms with Gasteiger partial charge in [0, 0.05) is 35.6 Å². The molecule has 0 aliphatic carbocycles. The number of nitrogen functional groups attached to an aromatic ring is 1. The zero-order valence-electron chi connectivity index (χ0n) is 17.2. The first kappa shape index (κ1) is 22.0. The minimum absolute atomic E-state index is 0. The second-order valence-electron chi connectivity index (χ2n) is 8.13. The monoisotopic (exact) mass is 427 g/mol. The third-order valence-corrected chi connectivity index (χ3v) is 5.02. The van der Waals surface area contributed by atoms with E-state index in [9.17, 15) is 18.0 Å². The number of pyridine rings is 2. The number of ketones is 1. The number of nitrogens with zero attached hydrogens (tertiary/aromatic N) is 3. The van der Waals surface area contributed by atoms with Gasteiger partial charge in [-0.15, -0.1) is 0 Å². The van der Waals surface area contributed by atoms with Gasteiger partial charge in [0.2, 0.25) is 5.78 Å². The van der Waals surface area contributed by atoms with Crippen molar-refractivity contribution < 1.29 is 22.2 Å². The fourth-order valence-electron chi connectivity index (χ4n) is 3.84. The Morgan fingerprint density at radius 3 is 2.70 bits per heavy atom. The predicted octanol–water partition coefficient (Wildman–Crippen LogP) is 4.26. The summed E-state index contributed by atoms with van der Waals surface area (Å²) in [7, 11) is 0. The molecular formula is C21H32F3N5O. The van der Waals surface area contributed by atoms with Gasteiger partial charge in [0.25, 0.3) is 0 Å². The summed E-state index contributed by atoms with van der Waals surface area (Å²) in [6.07, 6.45) is -2.42. The summed E-state index contributed by atoms with van der Waals surface area (Å²) in [6.45, 7) is 7.44. The number of anilines is 2. The highest BCUT2D eigenvalue weighted by Gasteiger charge is 2.38. The molecular weight excluding hydrogens is 395 g/mol. The summed E-state index contributed by atoms with van der Waals surface area (Å²) in [4.78, 5) is 22.8. The van der Waals surface area contributed by atoms with Crippen LogP contribution in [-0.2, 0) is 6.18 Å². The van der Waals surface area contributed by atoms with E-state index in [4.69, 9.17) is 5.73 Å². The molecule has 3 N–H and O–H groups in total. The van der Waals surface area contributed by atoms with Gasteiger partial charge in [-0.25, -0.2) is 9.97 Å². The maximum absolute atomic E-state index is 13.6. The van der Waals surface area contributed by atoms with Gasteiger partial charge in [-0.1, -0.05) is 13.8 Å². The Bertz CT molecular complexity index is 928. The summed E-state index contributed by atoms with van der Waals surface area (Å²) in [6, 6.07) is 5.38. The number of nitrogens with two attached hydrogens (primary N) is 1. The predicted molar refractivity (Wildman–Crippen MR) is 116 cm³/mol. The Labute approximate surface area is 178 Å². The van der Waals surface area contributed by atoms with Crippen LogP contribution in [0.1, 0.15) is 53.1 Å². The van der Waals surface area contributed by atoms with Crippen molar-refractivity contribution in [3.63, 3.8) is 0 Å². The maximum Gasteiger partial charge on any atom is 0.418 e. The standard InChI is InChI=1S/C21H26F3N5O.3H2/c1-12(2)9-14-11-29(10-13(3)27-14)17-7-6-16(21(22,23)24)18(28-17)19(30)15-5-4-8-26-20(15)25;;;/h4-8,12-14,27H,9-11H2,1-3H3,(H2,25,26);3*1H/t13-,14+;;;/m1.../s1. The van der Waals surface area contributed by atoms with E-state index >= 15 is 0 Å². The summed E-state index contributed by atoms with van der Waals surface area (Å²) >= 11 is 0. The van der Waals surface area contributed by atoms with E-state index in [-0.39, 0.29) is 27.7 Å². The molecule has 1 aliphatic heterocycles. The van der Waals surface area contributed by atoms with Crippen LogP contribution in [0.3, 0.4) is 0 Å². The second-order valence-corrected chi connectivity index (χ2v) is 8.13. The molecule has 0 radical (unpaired) electrons. The molecule has 30 heavy (non-hydrogen) atoms. The normalized spacial score (nSPS) is 19.9. The first-order valence-corrected chi connectivity index (χ1v) is 9.90. The highest BCUT2D eigenvalue weighted by Crippen LogP contribution is 2.34. The minimum Gasteiger partial charge on any atom is -0.383 e. The zero-order chi connectivity index (χ0) is 22.1. The van der Waals surface area contributed by atoms with E-state index in [0.717, 1.165) is 12.5 Å². The van der Waals surface area contributed by atoms with Crippen molar-refractivity contribution in [2.24, 2.45) is 5.92 Å². The summed E-state index contributed by atoms with van der Waals surface area (Å²) in [5.74, 6) is -0.205. The van der Waals surface area contributed by atoms with Gasteiger partial charge in [-0.2, -0.15) is 13.2 Å². The van der Waals surface area contributed by atoms with E-state index in [1.54, 1.807) is 0 Å². The SMILES string of the molecule is CC(C)C[C@H]1CN(c2ccc(C(F)(F)F)c(C(=O)c3cccnc3N)n2)C[C@@H](C)N1.[HH].[HH].[HH]. The second kappa shape index (κ2) is 8.59. The molecule has 3 rings (SSSR count). The van der Waals surface area contributed by atoms with Gasteiger partial charge in [-0.05, 0) is 43.5 Å². The van der Waals surface area contributed by atoms with Gasteiger partial charge < -0.3 is 16.0 Å².